The van der Waals surface area contributed by atoms with Gasteiger partial charge in [0.05, 0.1) is 12.2 Å². The molecule has 5 rings (SSSR count). The van der Waals surface area contributed by atoms with Gasteiger partial charge in [-0.15, -0.1) is 10.2 Å². The number of carbonyl (C=O) groups excluding carboxylic acids is 1. The van der Waals surface area contributed by atoms with E-state index in [0.29, 0.717) is 54.1 Å². The van der Waals surface area contributed by atoms with E-state index in [9.17, 15) is 18.0 Å². The number of benzene rings is 1. The summed E-state index contributed by atoms with van der Waals surface area (Å²) in [6.07, 6.45) is 3.03. The zero-order valence-corrected chi connectivity index (χ0v) is 18.8. The van der Waals surface area contributed by atoms with Gasteiger partial charge in [0.2, 0.25) is 5.95 Å². The molecule has 2 aliphatic rings. The van der Waals surface area contributed by atoms with E-state index in [0.717, 1.165) is 12.3 Å². The third-order valence-electron chi connectivity index (χ3n) is 5.59. The van der Waals surface area contributed by atoms with E-state index in [1.54, 1.807) is 18.0 Å². The SMILES string of the molecule is Cc1nnc(-c2nc(N3CCN(C(=O)N4N=CCC4c4cc(F)cc(F)c4)CC3)ncc2F)s1. The number of piperazine rings is 1. The maximum atomic E-state index is 14.3. The van der Waals surface area contributed by atoms with Crippen molar-refractivity contribution in [2.75, 3.05) is 31.1 Å². The van der Waals surface area contributed by atoms with Gasteiger partial charge in [-0.2, -0.15) is 5.10 Å². The number of aryl methyl sites for hydroxylation is 1. The molecule has 0 N–H and O–H groups in total. The summed E-state index contributed by atoms with van der Waals surface area (Å²) >= 11 is 1.24. The molecule has 2 aliphatic heterocycles. The summed E-state index contributed by atoms with van der Waals surface area (Å²) in [6.45, 7) is 3.31. The Kier molecular flexibility index (Phi) is 5.86. The Morgan fingerprint density at radius 3 is 2.47 bits per heavy atom. The van der Waals surface area contributed by atoms with Gasteiger partial charge in [0.1, 0.15) is 22.3 Å². The van der Waals surface area contributed by atoms with Gasteiger partial charge < -0.3 is 9.80 Å². The Labute approximate surface area is 196 Å². The summed E-state index contributed by atoms with van der Waals surface area (Å²) in [6, 6.07) is 2.29. The molecule has 34 heavy (non-hydrogen) atoms. The summed E-state index contributed by atoms with van der Waals surface area (Å²) in [5.74, 6) is -1.65. The summed E-state index contributed by atoms with van der Waals surface area (Å²) in [5, 5.41) is 14.3. The highest BCUT2D eigenvalue weighted by molar-refractivity contribution is 7.14. The van der Waals surface area contributed by atoms with Crippen molar-refractivity contribution in [1.29, 1.82) is 0 Å². The van der Waals surface area contributed by atoms with Gasteiger partial charge in [-0.05, 0) is 24.6 Å². The van der Waals surface area contributed by atoms with Crippen molar-refractivity contribution in [3.63, 3.8) is 0 Å². The minimum Gasteiger partial charge on any atom is -0.337 e. The molecule has 0 bridgehead atoms. The smallest absolute Gasteiger partial charge is 0.337 e. The number of carbonyl (C=O) groups is 1. The highest BCUT2D eigenvalue weighted by Crippen LogP contribution is 2.31. The molecule has 1 unspecified atom stereocenters. The number of amides is 2. The third kappa shape index (κ3) is 4.30. The molecule has 0 aliphatic carbocycles. The van der Waals surface area contributed by atoms with Gasteiger partial charge in [-0.25, -0.2) is 32.9 Å². The van der Waals surface area contributed by atoms with Crippen LogP contribution in [0.3, 0.4) is 0 Å². The van der Waals surface area contributed by atoms with Crippen molar-refractivity contribution in [3.8, 4) is 10.7 Å². The van der Waals surface area contributed by atoms with Gasteiger partial charge in [0, 0.05) is 44.9 Å². The van der Waals surface area contributed by atoms with E-state index in [1.165, 1.54) is 28.5 Å². The summed E-state index contributed by atoms with van der Waals surface area (Å²) in [4.78, 5) is 25.0. The van der Waals surface area contributed by atoms with Crippen LogP contribution in [0.25, 0.3) is 10.7 Å². The number of halogens is 3. The lowest BCUT2D eigenvalue weighted by molar-refractivity contribution is 0.139. The number of urea groups is 1. The minimum atomic E-state index is -0.703. The van der Waals surface area contributed by atoms with Gasteiger partial charge in [-0.1, -0.05) is 11.3 Å². The Bertz CT molecular complexity index is 1240. The molecule has 2 aromatic heterocycles. The number of aromatic nitrogens is 4. The molecule has 1 fully saturated rings. The predicted octanol–water partition coefficient (Wildman–Crippen LogP) is 3.40. The lowest BCUT2D eigenvalue weighted by atomic mass is 10.0. The van der Waals surface area contributed by atoms with Crippen LogP contribution in [0.15, 0.2) is 29.5 Å². The van der Waals surface area contributed by atoms with Crippen molar-refractivity contribution in [3.05, 3.63) is 52.4 Å². The number of hydrogen-bond acceptors (Lipinski definition) is 8. The quantitative estimate of drug-likeness (QED) is 0.561. The first-order valence-electron chi connectivity index (χ1n) is 10.5. The Morgan fingerprint density at radius 1 is 1.06 bits per heavy atom. The second kappa shape index (κ2) is 8.97. The van der Waals surface area contributed by atoms with Crippen LogP contribution in [-0.2, 0) is 0 Å². The summed E-state index contributed by atoms with van der Waals surface area (Å²) in [5.41, 5.74) is 0.437. The molecule has 1 saturated heterocycles. The maximum Gasteiger partial charge on any atom is 0.341 e. The molecule has 1 aromatic carbocycles. The first-order chi connectivity index (χ1) is 16.4. The van der Waals surface area contributed by atoms with E-state index in [4.69, 9.17) is 0 Å². The van der Waals surface area contributed by atoms with Crippen molar-refractivity contribution in [1.82, 2.24) is 30.1 Å². The molecule has 1 atom stereocenters. The molecule has 0 spiro atoms. The second-order valence-corrected chi connectivity index (χ2v) is 9.03. The fourth-order valence-corrected chi connectivity index (χ4v) is 4.62. The number of nitrogens with zero attached hydrogens (tertiary/aromatic N) is 8. The lowest BCUT2D eigenvalue weighted by Crippen LogP contribution is -2.52. The van der Waals surface area contributed by atoms with Crippen LogP contribution in [0.4, 0.5) is 23.9 Å². The highest BCUT2D eigenvalue weighted by Gasteiger charge is 2.34. The molecular weight excluding hydrogens is 469 g/mol. The summed E-state index contributed by atoms with van der Waals surface area (Å²) < 4.78 is 41.7. The fraction of sp³-hybridized carbons (Fsp3) is 0.333. The monoisotopic (exact) mass is 488 g/mol. The van der Waals surface area contributed by atoms with E-state index >= 15 is 0 Å². The molecule has 0 radical (unpaired) electrons. The lowest BCUT2D eigenvalue weighted by Gasteiger charge is -2.37. The van der Waals surface area contributed by atoms with E-state index in [1.807, 2.05) is 4.90 Å². The van der Waals surface area contributed by atoms with E-state index in [2.05, 4.69) is 25.3 Å². The molecular formula is C21H19F3N8OS. The van der Waals surface area contributed by atoms with Crippen LogP contribution >= 0.6 is 11.3 Å². The zero-order chi connectivity index (χ0) is 23.8. The Hall–Kier alpha value is -3.61. The van der Waals surface area contributed by atoms with Crippen molar-refractivity contribution in [2.45, 2.75) is 19.4 Å². The average Bonchev–Trinajstić information content (AvgIpc) is 3.48. The molecule has 13 heteroatoms. The van der Waals surface area contributed by atoms with Crippen LogP contribution in [-0.4, -0.2) is 68.5 Å². The summed E-state index contributed by atoms with van der Waals surface area (Å²) in [7, 11) is 0. The number of anilines is 1. The average molecular weight is 488 g/mol. The van der Waals surface area contributed by atoms with Crippen LogP contribution in [0.5, 0.6) is 0 Å². The predicted molar refractivity (Wildman–Crippen MR) is 119 cm³/mol. The van der Waals surface area contributed by atoms with E-state index < -0.39 is 23.5 Å². The molecule has 176 valence electrons. The fourth-order valence-electron chi connectivity index (χ4n) is 3.94. The van der Waals surface area contributed by atoms with Crippen LogP contribution in [0, 0.1) is 24.4 Å². The Balaban J connectivity index is 1.27. The Morgan fingerprint density at radius 2 is 1.79 bits per heavy atom. The molecule has 2 amide bonds. The standard InChI is InChI=1S/C21H19F3N8OS/c1-12-28-29-19(34-12)18-16(24)11-25-20(27-18)30-4-6-31(7-5-30)21(33)32-17(2-3-26-32)13-8-14(22)10-15(23)9-13/h3,8-11,17H,2,4-7H2,1H3. The minimum absolute atomic E-state index is 0.0886. The first kappa shape index (κ1) is 22.2. The van der Waals surface area contributed by atoms with Crippen LogP contribution < -0.4 is 4.90 Å². The molecule has 9 nitrogen and oxygen atoms in total. The molecule has 0 saturated carbocycles. The van der Waals surface area contributed by atoms with Crippen LogP contribution in [0.2, 0.25) is 0 Å². The van der Waals surface area contributed by atoms with Crippen molar-refractivity contribution in [2.24, 2.45) is 5.10 Å². The third-order valence-corrected chi connectivity index (χ3v) is 6.43. The van der Waals surface area contributed by atoms with Gasteiger partial charge in [-0.3, -0.25) is 0 Å². The van der Waals surface area contributed by atoms with Gasteiger partial charge in [0.15, 0.2) is 10.8 Å². The van der Waals surface area contributed by atoms with Gasteiger partial charge in [0.25, 0.3) is 0 Å². The molecule has 4 heterocycles. The normalized spacial score (nSPS) is 18.1. The highest BCUT2D eigenvalue weighted by atomic mass is 32.1. The number of rotatable bonds is 3. The van der Waals surface area contributed by atoms with Gasteiger partial charge >= 0.3 is 6.03 Å². The topological polar surface area (TPSA) is 90.7 Å². The second-order valence-electron chi connectivity index (χ2n) is 7.85. The first-order valence-corrected chi connectivity index (χ1v) is 11.4. The van der Waals surface area contributed by atoms with E-state index in [-0.39, 0.29) is 11.7 Å². The number of hydrazone groups is 1. The number of hydrogen-bond donors (Lipinski definition) is 0. The zero-order valence-electron chi connectivity index (χ0n) is 18.0. The van der Waals surface area contributed by atoms with Crippen LogP contribution in [0.1, 0.15) is 23.0 Å². The molecule has 3 aromatic rings. The van der Waals surface area contributed by atoms with Crippen molar-refractivity contribution < 1.29 is 18.0 Å². The largest absolute Gasteiger partial charge is 0.341 e. The van der Waals surface area contributed by atoms with Crippen molar-refractivity contribution >= 4 is 29.5 Å². The maximum absolute atomic E-state index is 14.3.